The molecule has 0 bridgehead atoms. The molecule has 0 aliphatic rings. The van der Waals surface area contributed by atoms with Crippen LogP contribution in [0.2, 0.25) is 0 Å². The van der Waals surface area contributed by atoms with Gasteiger partial charge in [-0.25, -0.2) is 5.25 Å². The first kappa shape index (κ1) is 15.9. The predicted molar refractivity (Wildman–Crippen MR) is 48.2 cm³/mol. The van der Waals surface area contributed by atoms with E-state index in [4.69, 9.17) is 0 Å². The zero-order chi connectivity index (χ0) is 9.56. The molecule has 0 radical (unpaired) electrons. The second-order valence-corrected chi connectivity index (χ2v) is 2.99. The average molecular weight is 230 g/mol. The predicted octanol–water partition coefficient (Wildman–Crippen LogP) is -1.23. The van der Waals surface area contributed by atoms with Gasteiger partial charge < -0.3 is 8.42 Å². The molecule has 0 atom stereocenters. The molecule has 6 heteroatoms. The second-order valence-electron chi connectivity index (χ2n) is 2.05. The molecule has 2 N–H and O–H groups in total. The maximum atomic E-state index is 10.3. The first-order chi connectivity index (χ1) is 5.70. The van der Waals surface area contributed by atoms with Crippen LogP contribution < -0.4 is 34.8 Å². The molecule has 0 amide bonds. The molecule has 0 saturated carbocycles. The molecule has 3 nitrogen and oxygen atoms in total. The summed E-state index contributed by atoms with van der Waals surface area (Å²) in [4.78, 5) is 0.339. The first-order valence-electron chi connectivity index (χ1n) is 3.08. The van der Waals surface area contributed by atoms with Gasteiger partial charge in [0.1, 0.15) is 0 Å². The Morgan fingerprint density at radius 3 is 1.85 bits per heavy atom. The van der Waals surface area contributed by atoms with Gasteiger partial charge in [0.25, 0.3) is 0 Å². The molecule has 0 aliphatic carbocycles. The van der Waals surface area contributed by atoms with Gasteiger partial charge in [0, 0.05) is 0 Å². The molecule has 0 saturated heterocycles. The van der Waals surface area contributed by atoms with Gasteiger partial charge in [0.15, 0.2) is 0 Å². The van der Waals surface area contributed by atoms with E-state index in [1.54, 1.807) is 24.3 Å². The molecular weight excluding hydrogens is 221 g/mol. The van der Waals surface area contributed by atoms with E-state index in [1.165, 1.54) is 0 Å². The minimum Gasteiger partial charge on any atom is -0.420 e. The molecule has 0 aliphatic heterocycles. The molecular formula is C7H9ClNNaO2S. The molecule has 1 aromatic carbocycles. The maximum absolute atomic E-state index is 10.3. The van der Waals surface area contributed by atoms with E-state index in [-0.39, 0.29) is 29.6 Å². The molecule has 0 aromatic heterocycles. The van der Waals surface area contributed by atoms with Crippen LogP contribution in [0, 0.1) is 6.92 Å². The van der Waals surface area contributed by atoms with Crippen LogP contribution >= 0.6 is 11.8 Å². The Kier molecular flexibility index (Phi) is 11.0. The molecule has 0 heterocycles. The van der Waals surface area contributed by atoms with Crippen LogP contribution in [0.4, 0.5) is 0 Å². The van der Waals surface area contributed by atoms with Gasteiger partial charge in [-0.1, -0.05) is 34.7 Å². The third-order valence-corrected chi connectivity index (χ3v) is 1.87. The van der Waals surface area contributed by atoms with E-state index in [1.807, 2.05) is 6.92 Å². The third-order valence-electron chi connectivity index (χ3n) is 1.21. The smallest absolute Gasteiger partial charge is 0.420 e. The van der Waals surface area contributed by atoms with Crippen LogP contribution in [-0.2, 0) is 19.1 Å². The molecule has 1 rings (SSSR count). The van der Waals surface area contributed by atoms with Crippen LogP contribution in [0.15, 0.2) is 29.2 Å². The van der Waals surface area contributed by atoms with Crippen molar-refractivity contribution in [1.29, 1.82) is 0 Å². The summed E-state index contributed by atoms with van der Waals surface area (Å²) in [6.45, 7) is 1.91. The van der Waals surface area contributed by atoms with Crippen molar-refractivity contribution in [3.8, 4) is 0 Å². The normalized spacial score (nSPS) is 8.31. The number of benzene rings is 1. The van der Waals surface area contributed by atoms with Gasteiger partial charge >= 0.3 is 29.6 Å². The summed E-state index contributed by atoms with van der Waals surface area (Å²) in [5, 5.41) is 3.97. The Morgan fingerprint density at radius 2 is 1.54 bits per heavy atom. The zero-order valence-electron chi connectivity index (χ0n) is 7.49. The van der Waals surface area contributed by atoms with Crippen molar-refractivity contribution in [1.82, 2.24) is 0 Å². The van der Waals surface area contributed by atoms with E-state index in [9.17, 15) is 8.42 Å². The number of rotatable bonds is 1. The molecule has 1 aromatic rings. The molecule has 0 spiro atoms. The van der Waals surface area contributed by atoms with Crippen LogP contribution in [0.3, 0.4) is 0 Å². The SMILES string of the molecule is Cc1ccc([S-](=O)=O)cc1.NCl.[Na+]. The number of hydrogen-bond acceptors (Lipinski definition) is 4. The summed E-state index contributed by atoms with van der Waals surface area (Å²) in [6, 6.07) is 6.70. The van der Waals surface area contributed by atoms with Gasteiger partial charge in [-0.3, -0.25) is 0 Å². The topological polar surface area (TPSA) is 60.2 Å². The summed E-state index contributed by atoms with van der Waals surface area (Å²) in [7, 11) is -2.09. The van der Waals surface area contributed by atoms with Crippen molar-refractivity contribution in [2.24, 2.45) is 5.25 Å². The van der Waals surface area contributed by atoms with Gasteiger partial charge in [-0.05, 0) is 29.4 Å². The van der Waals surface area contributed by atoms with Gasteiger partial charge in [0.2, 0.25) is 0 Å². The van der Waals surface area contributed by atoms with Gasteiger partial charge in [0.05, 0.1) is 0 Å². The molecule has 68 valence electrons. The third kappa shape index (κ3) is 6.49. The Hall–Kier alpha value is 0.420. The van der Waals surface area contributed by atoms with E-state index < -0.39 is 10.7 Å². The van der Waals surface area contributed by atoms with E-state index >= 15 is 0 Å². The second kappa shape index (κ2) is 8.99. The van der Waals surface area contributed by atoms with Gasteiger partial charge in [-0.2, -0.15) is 0 Å². The minimum absolute atomic E-state index is 0. The van der Waals surface area contributed by atoms with Crippen LogP contribution in [0.1, 0.15) is 5.56 Å². The monoisotopic (exact) mass is 229 g/mol. The fourth-order valence-corrected chi connectivity index (χ4v) is 1.01. The molecule has 13 heavy (non-hydrogen) atoms. The number of halogens is 1. The number of hydrogen-bond donors (Lipinski definition) is 1. The zero-order valence-corrected chi connectivity index (χ0v) is 11.1. The van der Waals surface area contributed by atoms with Crippen LogP contribution in [-0.4, -0.2) is 0 Å². The quantitative estimate of drug-likeness (QED) is 0.373. The summed E-state index contributed by atoms with van der Waals surface area (Å²) in [6.07, 6.45) is 0. The maximum Gasteiger partial charge on any atom is 1.00 e. The number of nitrogens with two attached hydrogens (primary N) is 1. The molecule has 0 unspecified atom stereocenters. The summed E-state index contributed by atoms with van der Waals surface area (Å²) >= 11 is 4.14. The van der Waals surface area contributed by atoms with Crippen molar-refractivity contribution in [3.63, 3.8) is 0 Å². The Balaban J connectivity index is 0. The van der Waals surface area contributed by atoms with Crippen molar-refractivity contribution < 1.29 is 38.0 Å². The van der Waals surface area contributed by atoms with Crippen molar-refractivity contribution >= 4 is 22.5 Å². The minimum atomic E-state index is -2.09. The van der Waals surface area contributed by atoms with E-state index in [0.29, 0.717) is 4.90 Å². The van der Waals surface area contributed by atoms with E-state index in [2.05, 4.69) is 17.0 Å². The average Bonchev–Trinajstić information content (AvgIpc) is 2.09. The van der Waals surface area contributed by atoms with Crippen molar-refractivity contribution in [3.05, 3.63) is 29.8 Å². The molecule has 0 fully saturated rings. The van der Waals surface area contributed by atoms with E-state index in [0.717, 1.165) is 5.56 Å². The fraction of sp³-hybridized carbons (Fsp3) is 0.143. The van der Waals surface area contributed by atoms with Crippen LogP contribution in [0.25, 0.3) is 0 Å². The Morgan fingerprint density at radius 1 is 1.15 bits per heavy atom. The summed E-state index contributed by atoms with van der Waals surface area (Å²) < 4.78 is 20.6. The van der Waals surface area contributed by atoms with Crippen molar-refractivity contribution in [2.75, 3.05) is 0 Å². The van der Waals surface area contributed by atoms with Gasteiger partial charge in [-0.15, -0.1) is 0 Å². The first-order valence-corrected chi connectivity index (χ1v) is 4.59. The Labute approximate surface area is 107 Å². The number of aryl methyl sites for hydroxylation is 1. The summed E-state index contributed by atoms with van der Waals surface area (Å²) in [5.41, 5.74) is 1.06. The fourth-order valence-electron chi connectivity index (χ4n) is 0.649. The Bertz CT molecular complexity index is 292. The standard InChI is InChI=1S/C7H7O2S.ClH2N.Na/c1-6-2-4-7(5-3-6)10(8)9;1-2;/h2-5H,1H3;2H2;/q-1;;+1. The van der Waals surface area contributed by atoms with Crippen LogP contribution in [0.5, 0.6) is 0 Å². The van der Waals surface area contributed by atoms with Crippen molar-refractivity contribution in [2.45, 2.75) is 11.8 Å². The largest absolute Gasteiger partial charge is 1.00 e. The summed E-state index contributed by atoms with van der Waals surface area (Å²) in [5.74, 6) is 0.